The lowest BCUT2D eigenvalue weighted by molar-refractivity contribution is -0.0601. The van der Waals surface area contributed by atoms with E-state index in [2.05, 4.69) is 18.7 Å². The normalized spacial score (nSPS) is 22.5. The molecule has 0 unspecified atom stereocenters. The molecule has 0 atom stereocenters. The average Bonchev–Trinajstić information content (AvgIpc) is 2.14. The molecule has 1 fully saturated rings. The quantitative estimate of drug-likeness (QED) is 0.641. The molecule has 0 aliphatic carbocycles. The van der Waals surface area contributed by atoms with Crippen LogP contribution >= 0.6 is 0 Å². The molecule has 4 nitrogen and oxygen atoms in total. The molecule has 0 saturated carbocycles. The minimum atomic E-state index is 0.143. The second-order valence-electron chi connectivity index (χ2n) is 4.25. The third-order valence-electron chi connectivity index (χ3n) is 2.58. The van der Waals surface area contributed by atoms with Crippen molar-refractivity contribution < 1.29 is 9.47 Å². The topological polar surface area (TPSA) is 47.7 Å². The molecule has 1 saturated heterocycles. The largest absolute Gasteiger partial charge is 0.379 e. The van der Waals surface area contributed by atoms with Gasteiger partial charge < -0.3 is 15.2 Å². The van der Waals surface area contributed by atoms with Gasteiger partial charge in [-0.2, -0.15) is 0 Å². The third-order valence-corrected chi connectivity index (χ3v) is 2.58. The van der Waals surface area contributed by atoms with E-state index in [-0.39, 0.29) is 5.54 Å². The van der Waals surface area contributed by atoms with Gasteiger partial charge in [0.1, 0.15) is 0 Å². The van der Waals surface area contributed by atoms with Gasteiger partial charge in [0, 0.05) is 25.2 Å². The van der Waals surface area contributed by atoms with Crippen LogP contribution in [-0.4, -0.2) is 56.5 Å². The molecule has 0 bridgehead atoms. The first-order valence-electron chi connectivity index (χ1n) is 5.27. The summed E-state index contributed by atoms with van der Waals surface area (Å²) in [6, 6.07) is 0. The zero-order valence-corrected chi connectivity index (χ0v) is 9.29. The molecule has 0 aromatic rings. The maximum atomic E-state index is 5.44. The molecule has 2 N–H and O–H groups in total. The Hall–Kier alpha value is -0.160. The van der Waals surface area contributed by atoms with Gasteiger partial charge in [-0.25, -0.2) is 0 Å². The van der Waals surface area contributed by atoms with Crippen molar-refractivity contribution in [3.63, 3.8) is 0 Å². The van der Waals surface area contributed by atoms with E-state index < -0.39 is 0 Å². The summed E-state index contributed by atoms with van der Waals surface area (Å²) in [5.41, 5.74) is 5.49. The predicted octanol–water partition coefficient (Wildman–Crippen LogP) is 0.0725. The van der Waals surface area contributed by atoms with Crippen molar-refractivity contribution in [2.45, 2.75) is 19.4 Å². The van der Waals surface area contributed by atoms with E-state index in [9.17, 15) is 0 Å². The third kappa shape index (κ3) is 3.53. The van der Waals surface area contributed by atoms with Crippen molar-refractivity contribution in [3.8, 4) is 0 Å². The van der Waals surface area contributed by atoms with Crippen LogP contribution in [0.25, 0.3) is 0 Å². The fraction of sp³-hybridized carbons (Fsp3) is 1.00. The van der Waals surface area contributed by atoms with Gasteiger partial charge in [0.25, 0.3) is 0 Å². The Labute approximate surface area is 86.3 Å². The van der Waals surface area contributed by atoms with Gasteiger partial charge >= 0.3 is 0 Å². The molecule has 0 aromatic carbocycles. The molecule has 14 heavy (non-hydrogen) atoms. The van der Waals surface area contributed by atoms with Crippen molar-refractivity contribution in [1.82, 2.24) is 4.90 Å². The molecule has 1 aliphatic rings. The molecule has 0 spiro atoms. The summed E-state index contributed by atoms with van der Waals surface area (Å²) < 4.78 is 10.8. The van der Waals surface area contributed by atoms with Crippen molar-refractivity contribution in [2.24, 2.45) is 5.73 Å². The smallest absolute Gasteiger partial charge is 0.0645 e. The zero-order chi connectivity index (χ0) is 10.4. The molecule has 1 heterocycles. The first kappa shape index (κ1) is 11.9. The number of nitrogens with zero attached hydrogens (tertiary/aromatic N) is 1. The van der Waals surface area contributed by atoms with Crippen LogP contribution in [0, 0.1) is 0 Å². The minimum absolute atomic E-state index is 0.143. The van der Waals surface area contributed by atoms with Crippen LogP contribution in [0.5, 0.6) is 0 Å². The van der Waals surface area contributed by atoms with E-state index in [1.165, 1.54) is 0 Å². The Morgan fingerprint density at radius 1 is 1.43 bits per heavy atom. The Kier molecular flexibility index (Phi) is 4.81. The van der Waals surface area contributed by atoms with Gasteiger partial charge in [0.15, 0.2) is 0 Å². The molecule has 0 amide bonds. The summed E-state index contributed by atoms with van der Waals surface area (Å²) in [5.74, 6) is 0. The van der Waals surface area contributed by atoms with Crippen LogP contribution in [0.2, 0.25) is 0 Å². The zero-order valence-electron chi connectivity index (χ0n) is 9.29. The number of hydrogen-bond acceptors (Lipinski definition) is 4. The Morgan fingerprint density at radius 2 is 2.21 bits per heavy atom. The first-order valence-corrected chi connectivity index (χ1v) is 5.27. The Balaban J connectivity index is 2.20. The van der Waals surface area contributed by atoms with Crippen LogP contribution in [-0.2, 0) is 9.47 Å². The standard InChI is InChI=1S/C10H22N2O2/c1-10(2)9-14-8-5-12(10)4-7-13-6-3-11/h3-9,11H2,1-2H3. The highest BCUT2D eigenvalue weighted by atomic mass is 16.5. The number of hydrogen-bond donors (Lipinski definition) is 1. The Bertz CT molecular complexity index is 162. The maximum Gasteiger partial charge on any atom is 0.0645 e. The second kappa shape index (κ2) is 5.66. The minimum Gasteiger partial charge on any atom is -0.379 e. The van der Waals surface area contributed by atoms with Crippen LogP contribution in [0.3, 0.4) is 0 Å². The molecule has 0 radical (unpaired) electrons. The van der Waals surface area contributed by atoms with Gasteiger partial charge in [0.05, 0.1) is 26.4 Å². The van der Waals surface area contributed by atoms with Crippen molar-refractivity contribution in [1.29, 1.82) is 0 Å². The fourth-order valence-electron chi connectivity index (χ4n) is 1.67. The van der Waals surface area contributed by atoms with Gasteiger partial charge in [-0.3, -0.25) is 4.90 Å². The highest BCUT2D eigenvalue weighted by Gasteiger charge is 2.29. The summed E-state index contributed by atoms with van der Waals surface area (Å²) in [4.78, 5) is 2.41. The number of ether oxygens (including phenoxy) is 2. The molecule has 1 rings (SSSR count). The molecular formula is C10H22N2O2. The molecular weight excluding hydrogens is 180 g/mol. The second-order valence-corrected chi connectivity index (χ2v) is 4.25. The van der Waals surface area contributed by atoms with Crippen LogP contribution in [0.15, 0.2) is 0 Å². The summed E-state index contributed by atoms with van der Waals surface area (Å²) in [6.45, 7) is 10.0. The highest BCUT2D eigenvalue weighted by molar-refractivity contribution is 4.84. The van der Waals surface area contributed by atoms with Gasteiger partial charge in [0.2, 0.25) is 0 Å². The van der Waals surface area contributed by atoms with E-state index in [1.54, 1.807) is 0 Å². The maximum absolute atomic E-state index is 5.44. The van der Waals surface area contributed by atoms with Crippen LogP contribution in [0.4, 0.5) is 0 Å². The summed E-state index contributed by atoms with van der Waals surface area (Å²) in [7, 11) is 0. The molecule has 0 aromatic heterocycles. The van der Waals surface area contributed by atoms with Crippen molar-refractivity contribution >= 4 is 0 Å². The van der Waals surface area contributed by atoms with Crippen LogP contribution < -0.4 is 5.73 Å². The lowest BCUT2D eigenvalue weighted by atomic mass is 10.0. The fourth-order valence-corrected chi connectivity index (χ4v) is 1.67. The van der Waals surface area contributed by atoms with Gasteiger partial charge in [-0.1, -0.05) is 0 Å². The predicted molar refractivity (Wildman–Crippen MR) is 56.3 cm³/mol. The average molecular weight is 202 g/mol. The van der Waals surface area contributed by atoms with Gasteiger partial charge in [-0.15, -0.1) is 0 Å². The van der Waals surface area contributed by atoms with E-state index in [0.717, 1.165) is 32.9 Å². The lowest BCUT2D eigenvalue weighted by Crippen LogP contribution is -2.53. The first-order chi connectivity index (χ1) is 6.67. The summed E-state index contributed by atoms with van der Waals surface area (Å²) >= 11 is 0. The molecule has 4 heteroatoms. The van der Waals surface area contributed by atoms with E-state index in [0.29, 0.717) is 13.2 Å². The van der Waals surface area contributed by atoms with E-state index in [4.69, 9.17) is 15.2 Å². The van der Waals surface area contributed by atoms with Crippen molar-refractivity contribution in [3.05, 3.63) is 0 Å². The van der Waals surface area contributed by atoms with E-state index >= 15 is 0 Å². The SMILES string of the molecule is CC1(C)COCCN1CCOCCN. The Morgan fingerprint density at radius 3 is 2.86 bits per heavy atom. The number of morpholine rings is 1. The lowest BCUT2D eigenvalue weighted by Gasteiger charge is -2.42. The molecule has 84 valence electrons. The monoisotopic (exact) mass is 202 g/mol. The summed E-state index contributed by atoms with van der Waals surface area (Å²) in [6.07, 6.45) is 0. The number of rotatable bonds is 5. The summed E-state index contributed by atoms with van der Waals surface area (Å²) in [5, 5.41) is 0. The number of nitrogens with two attached hydrogens (primary N) is 1. The van der Waals surface area contributed by atoms with E-state index in [1.807, 2.05) is 0 Å². The molecule has 1 aliphatic heterocycles. The van der Waals surface area contributed by atoms with Gasteiger partial charge in [-0.05, 0) is 13.8 Å². The van der Waals surface area contributed by atoms with Crippen molar-refractivity contribution in [2.75, 3.05) is 46.1 Å². The highest BCUT2D eigenvalue weighted by Crippen LogP contribution is 2.17. The van der Waals surface area contributed by atoms with Crippen LogP contribution in [0.1, 0.15) is 13.8 Å².